The number of nitrogens with zero attached hydrogens (tertiary/aromatic N) is 4. The van der Waals surface area contributed by atoms with Gasteiger partial charge in [0.05, 0.1) is 12.2 Å². The second-order valence-corrected chi connectivity index (χ2v) is 6.79. The topological polar surface area (TPSA) is 50.3 Å². The first kappa shape index (κ1) is 15.0. The molecule has 5 nitrogen and oxygen atoms in total. The molecule has 118 valence electrons. The third-order valence-corrected chi connectivity index (χ3v) is 5.67. The smallest absolute Gasteiger partial charge is 0.0540 e. The summed E-state index contributed by atoms with van der Waals surface area (Å²) in [6.07, 6.45) is 5.99. The molecule has 2 aliphatic heterocycles. The average Bonchev–Trinajstić information content (AvgIpc) is 2.81. The number of hydrogen-bond donors (Lipinski definition) is 1. The minimum atomic E-state index is 0.326. The van der Waals surface area contributed by atoms with Crippen LogP contribution in [0, 0.1) is 12.8 Å². The van der Waals surface area contributed by atoms with Crippen LogP contribution in [0.3, 0.4) is 0 Å². The van der Waals surface area contributed by atoms with Gasteiger partial charge >= 0.3 is 0 Å². The van der Waals surface area contributed by atoms with E-state index >= 15 is 0 Å². The van der Waals surface area contributed by atoms with Crippen molar-refractivity contribution in [1.29, 1.82) is 0 Å². The first-order valence-electron chi connectivity index (χ1n) is 8.24. The Morgan fingerprint density at radius 1 is 1.33 bits per heavy atom. The second-order valence-electron chi connectivity index (χ2n) is 6.79. The maximum absolute atomic E-state index is 6.12. The molecule has 5 heteroatoms. The van der Waals surface area contributed by atoms with Gasteiger partial charge in [0.2, 0.25) is 0 Å². The predicted molar refractivity (Wildman–Crippen MR) is 85.1 cm³/mol. The van der Waals surface area contributed by atoms with E-state index in [2.05, 4.69) is 28.9 Å². The molecule has 0 radical (unpaired) electrons. The minimum absolute atomic E-state index is 0.326. The van der Waals surface area contributed by atoms with Gasteiger partial charge in [-0.15, -0.1) is 0 Å². The van der Waals surface area contributed by atoms with Crippen molar-refractivity contribution >= 4 is 0 Å². The number of likely N-dealkylation sites (tertiary alicyclic amines) is 2. The molecule has 3 unspecified atom stereocenters. The average molecular weight is 291 g/mol. The van der Waals surface area contributed by atoms with E-state index in [1.807, 2.05) is 17.9 Å². The van der Waals surface area contributed by atoms with Crippen molar-refractivity contribution in [1.82, 2.24) is 19.6 Å². The summed E-state index contributed by atoms with van der Waals surface area (Å²) in [6, 6.07) is 1.11. The SMILES string of the molecule is Cc1c(C(CN)N2CCC3C(CCCN3C)C2)cnn1C. The summed E-state index contributed by atoms with van der Waals surface area (Å²) in [5.74, 6) is 0.809. The lowest BCUT2D eigenvalue weighted by Crippen LogP contribution is -2.54. The fourth-order valence-electron chi connectivity index (χ4n) is 4.28. The molecule has 0 aliphatic carbocycles. The third-order valence-electron chi connectivity index (χ3n) is 5.67. The van der Waals surface area contributed by atoms with Crippen LogP contribution in [-0.4, -0.2) is 58.8 Å². The van der Waals surface area contributed by atoms with Gasteiger partial charge in [0.15, 0.2) is 0 Å². The minimum Gasteiger partial charge on any atom is -0.329 e. The van der Waals surface area contributed by atoms with E-state index < -0.39 is 0 Å². The van der Waals surface area contributed by atoms with Gasteiger partial charge in [-0.3, -0.25) is 9.58 Å². The summed E-state index contributed by atoms with van der Waals surface area (Å²) in [7, 11) is 4.30. The van der Waals surface area contributed by atoms with Gasteiger partial charge in [0.1, 0.15) is 0 Å². The van der Waals surface area contributed by atoms with Crippen LogP contribution in [0.15, 0.2) is 6.20 Å². The van der Waals surface area contributed by atoms with E-state index in [1.54, 1.807) is 0 Å². The van der Waals surface area contributed by atoms with Crippen molar-refractivity contribution in [2.24, 2.45) is 18.7 Å². The summed E-state index contributed by atoms with van der Waals surface area (Å²) in [4.78, 5) is 5.17. The van der Waals surface area contributed by atoms with E-state index in [1.165, 1.54) is 43.6 Å². The molecule has 3 atom stereocenters. The lowest BCUT2D eigenvalue weighted by molar-refractivity contribution is 0.0210. The molecular formula is C16H29N5. The number of aryl methyl sites for hydroxylation is 1. The Bertz CT molecular complexity index is 483. The van der Waals surface area contributed by atoms with Crippen molar-refractivity contribution in [2.75, 3.05) is 33.2 Å². The van der Waals surface area contributed by atoms with Gasteiger partial charge in [0, 0.05) is 44.0 Å². The highest BCUT2D eigenvalue weighted by Crippen LogP contribution is 2.33. The number of fused-ring (bicyclic) bond motifs is 1. The van der Waals surface area contributed by atoms with Gasteiger partial charge in [-0.2, -0.15) is 5.10 Å². The first-order chi connectivity index (χ1) is 10.1. The fourth-order valence-corrected chi connectivity index (χ4v) is 4.28. The van der Waals surface area contributed by atoms with Crippen LogP contribution in [0.2, 0.25) is 0 Å². The quantitative estimate of drug-likeness (QED) is 0.907. The monoisotopic (exact) mass is 291 g/mol. The molecule has 0 amide bonds. The van der Waals surface area contributed by atoms with Crippen molar-refractivity contribution in [3.05, 3.63) is 17.5 Å². The predicted octanol–water partition coefficient (Wildman–Crippen LogP) is 1.14. The molecule has 1 aromatic heterocycles. The van der Waals surface area contributed by atoms with E-state index in [9.17, 15) is 0 Å². The molecule has 2 saturated heterocycles. The number of nitrogens with two attached hydrogens (primary N) is 1. The Balaban J connectivity index is 1.75. The van der Waals surface area contributed by atoms with Crippen LogP contribution >= 0.6 is 0 Å². The standard InChI is InChI=1S/C16H29N5/c1-12-14(10-18-20(12)3)16(9-17)21-8-6-15-13(11-21)5-4-7-19(15)2/h10,13,15-16H,4-9,11,17H2,1-3H3. The Hall–Kier alpha value is -0.910. The van der Waals surface area contributed by atoms with Gasteiger partial charge in [-0.1, -0.05) is 0 Å². The fraction of sp³-hybridized carbons (Fsp3) is 0.812. The van der Waals surface area contributed by atoms with Gasteiger partial charge in [0.25, 0.3) is 0 Å². The van der Waals surface area contributed by atoms with E-state index in [-0.39, 0.29) is 0 Å². The molecule has 0 aromatic carbocycles. The zero-order valence-electron chi connectivity index (χ0n) is 13.6. The number of rotatable bonds is 3. The maximum Gasteiger partial charge on any atom is 0.0540 e. The van der Waals surface area contributed by atoms with Gasteiger partial charge in [-0.25, -0.2) is 0 Å². The van der Waals surface area contributed by atoms with Crippen LogP contribution in [-0.2, 0) is 7.05 Å². The molecule has 3 heterocycles. The Labute approximate surface area is 128 Å². The normalized spacial score (nSPS) is 29.3. The Morgan fingerprint density at radius 2 is 2.14 bits per heavy atom. The molecule has 0 spiro atoms. The lowest BCUT2D eigenvalue weighted by atomic mass is 9.83. The van der Waals surface area contributed by atoms with E-state index in [0.717, 1.165) is 18.5 Å². The highest BCUT2D eigenvalue weighted by molar-refractivity contribution is 5.21. The largest absolute Gasteiger partial charge is 0.329 e. The summed E-state index contributed by atoms with van der Waals surface area (Å²) in [5.41, 5.74) is 8.67. The van der Waals surface area contributed by atoms with Crippen molar-refractivity contribution in [3.8, 4) is 0 Å². The second kappa shape index (κ2) is 6.07. The van der Waals surface area contributed by atoms with Gasteiger partial charge in [-0.05, 0) is 45.7 Å². The zero-order valence-corrected chi connectivity index (χ0v) is 13.6. The van der Waals surface area contributed by atoms with Crippen LogP contribution in [0.4, 0.5) is 0 Å². The molecule has 21 heavy (non-hydrogen) atoms. The summed E-state index contributed by atoms with van der Waals surface area (Å²) < 4.78 is 1.96. The third kappa shape index (κ3) is 2.74. The van der Waals surface area contributed by atoms with Crippen LogP contribution in [0.25, 0.3) is 0 Å². The lowest BCUT2D eigenvalue weighted by Gasteiger charge is -2.47. The molecule has 0 saturated carbocycles. The van der Waals surface area contributed by atoms with E-state index in [4.69, 9.17) is 5.73 Å². The van der Waals surface area contributed by atoms with Crippen LogP contribution in [0.5, 0.6) is 0 Å². The summed E-state index contributed by atoms with van der Waals surface area (Å²) in [5, 5.41) is 4.40. The van der Waals surface area contributed by atoms with Crippen molar-refractivity contribution in [3.63, 3.8) is 0 Å². The Kier molecular flexibility index (Phi) is 4.33. The first-order valence-corrected chi connectivity index (χ1v) is 8.24. The Morgan fingerprint density at radius 3 is 2.81 bits per heavy atom. The highest BCUT2D eigenvalue weighted by Gasteiger charge is 2.36. The van der Waals surface area contributed by atoms with Gasteiger partial charge < -0.3 is 10.6 Å². The molecular weight excluding hydrogens is 262 g/mol. The molecule has 0 bridgehead atoms. The molecule has 3 rings (SSSR count). The number of piperidine rings is 2. The molecule has 2 fully saturated rings. The van der Waals surface area contributed by atoms with Crippen LogP contribution in [0.1, 0.15) is 36.6 Å². The molecule has 2 N–H and O–H groups in total. The van der Waals surface area contributed by atoms with Crippen molar-refractivity contribution in [2.45, 2.75) is 38.3 Å². The summed E-state index contributed by atoms with van der Waals surface area (Å²) in [6.45, 7) is 6.43. The van der Waals surface area contributed by atoms with Crippen LogP contribution < -0.4 is 5.73 Å². The zero-order chi connectivity index (χ0) is 15.0. The maximum atomic E-state index is 6.12. The number of hydrogen-bond acceptors (Lipinski definition) is 4. The summed E-state index contributed by atoms with van der Waals surface area (Å²) >= 11 is 0. The molecule has 2 aliphatic rings. The van der Waals surface area contributed by atoms with E-state index in [0.29, 0.717) is 12.6 Å². The molecule has 1 aromatic rings. The highest BCUT2D eigenvalue weighted by atomic mass is 15.3. The number of aromatic nitrogens is 2. The van der Waals surface area contributed by atoms with Crippen molar-refractivity contribution < 1.29 is 0 Å².